The van der Waals surface area contributed by atoms with E-state index in [1.165, 1.54) is 5.39 Å². The molecular formula is C18H16N2O3. The number of carbonyl (C=O) groups is 1. The number of nitrogens with one attached hydrogen (secondary N) is 1. The number of carbonyl (C=O) groups excluding carboxylic acids is 1. The van der Waals surface area contributed by atoms with Crippen molar-refractivity contribution in [1.82, 2.24) is 4.57 Å². The highest BCUT2D eigenvalue weighted by Gasteiger charge is 2.14. The van der Waals surface area contributed by atoms with Gasteiger partial charge in [0.15, 0.2) is 11.5 Å². The van der Waals surface area contributed by atoms with Crippen molar-refractivity contribution >= 4 is 22.5 Å². The third kappa shape index (κ3) is 2.73. The van der Waals surface area contributed by atoms with Gasteiger partial charge in [-0.15, -0.1) is 0 Å². The Bertz CT molecular complexity index is 870. The zero-order chi connectivity index (χ0) is 15.6. The van der Waals surface area contributed by atoms with Crippen LogP contribution >= 0.6 is 0 Å². The van der Waals surface area contributed by atoms with Gasteiger partial charge in [-0.25, -0.2) is 0 Å². The van der Waals surface area contributed by atoms with Crippen molar-refractivity contribution in [3.63, 3.8) is 0 Å². The van der Waals surface area contributed by atoms with E-state index in [0.29, 0.717) is 24.5 Å². The molecule has 2 aromatic carbocycles. The van der Waals surface area contributed by atoms with Crippen LogP contribution in [0.15, 0.2) is 54.7 Å². The molecule has 0 atom stereocenters. The number of rotatable bonds is 4. The van der Waals surface area contributed by atoms with Gasteiger partial charge in [0.05, 0.1) is 0 Å². The van der Waals surface area contributed by atoms with Crippen molar-refractivity contribution in [2.75, 3.05) is 12.1 Å². The van der Waals surface area contributed by atoms with Crippen LogP contribution < -0.4 is 14.8 Å². The van der Waals surface area contributed by atoms with Gasteiger partial charge in [0.2, 0.25) is 12.7 Å². The van der Waals surface area contributed by atoms with Crippen molar-refractivity contribution in [1.29, 1.82) is 0 Å². The molecule has 0 unspecified atom stereocenters. The Morgan fingerprint density at radius 1 is 1.09 bits per heavy atom. The van der Waals surface area contributed by atoms with Crippen molar-refractivity contribution in [3.8, 4) is 11.5 Å². The van der Waals surface area contributed by atoms with Crippen LogP contribution in [0.2, 0.25) is 0 Å². The predicted molar refractivity (Wildman–Crippen MR) is 87.7 cm³/mol. The molecule has 0 saturated heterocycles. The zero-order valence-electron chi connectivity index (χ0n) is 12.5. The predicted octanol–water partition coefficient (Wildman–Crippen LogP) is 3.40. The lowest BCUT2D eigenvalue weighted by Gasteiger charge is -2.08. The monoisotopic (exact) mass is 308 g/mol. The second-order valence-corrected chi connectivity index (χ2v) is 5.43. The smallest absolute Gasteiger partial charge is 0.231 e. The number of aromatic nitrogens is 1. The molecule has 5 heteroatoms. The van der Waals surface area contributed by atoms with Crippen LogP contribution in [0.3, 0.4) is 0 Å². The minimum atomic E-state index is -0.0263. The topological polar surface area (TPSA) is 52.5 Å². The highest BCUT2D eigenvalue weighted by Crippen LogP contribution is 2.34. The van der Waals surface area contributed by atoms with E-state index in [9.17, 15) is 4.79 Å². The fourth-order valence-electron chi connectivity index (χ4n) is 2.76. The third-order valence-corrected chi connectivity index (χ3v) is 3.92. The van der Waals surface area contributed by atoms with Crippen molar-refractivity contribution in [2.24, 2.45) is 0 Å². The molecule has 0 bridgehead atoms. The SMILES string of the molecule is O=C(CCn1ccc2ccccc21)Nc1ccc2c(c1)OCO2. The molecule has 1 N–H and O–H groups in total. The maximum absolute atomic E-state index is 12.1. The van der Waals surface area contributed by atoms with Crippen LogP contribution in [-0.4, -0.2) is 17.3 Å². The lowest BCUT2D eigenvalue weighted by molar-refractivity contribution is -0.116. The number of aryl methyl sites for hydroxylation is 1. The van der Waals surface area contributed by atoms with Crippen LogP contribution in [0, 0.1) is 0 Å². The minimum absolute atomic E-state index is 0.0263. The summed E-state index contributed by atoms with van der Waals surface area (Å²) in [4.78, 5) is 12.1. The van der Waals surface area contributed by atoms with Gasteiger partial charge in [-0.3, -0.25) is 4.79 Å². The summed E-state index contributed by atoms with van der Waals surface area (Å²) >= 11 is 0. The number of anilines is 1. The average molecular weight is 308 g/mol. The third-order valence-electron chi connectivity index (χ3n) is 3.92. The van der Waals surface area contributed by atoms with E-state index in [2.05, 4.69) is 28.1 Å². The fraction of sp³-hybridized carbons (Fsp3) is 0.167. The quantitative estimate of drug-likeness (QED) is 0.803. The molecular weight excluding hydrogens is 292 g/mol. The second-order valence-electron chi connectivity index (χ2n) is 5.43. The Hall–Kier alpha value is -2.95. The highest BCUT2D eigenvalue weighted by atomic mass is 16.7. The first-order valence-corrected chi connectivity index (χ1v) is 7.53. The Balaban J connectivity index is 1.40. The molecule has 0 spiro atoms. The van der Waals surface area contributed by atoms with E-state index in [0.717, 1.165) is 11.2 Å². The van der Waals surface area contributed by atoms with Gasteiger partial charge in [-0.2, -0.15) is 0 Å². The normalized spacial score (nSPS) is 12.5. The van der Waals surface area contributed by atoms with E-state index < -0.39 is 0 Å². The number of hydrogen-bond acceptors (Lipinski definition) is 3. The van der Waals surface area contributed by atoms with Crippen LogP contribution in [0.5, 0.6) is 11.5 Å². The summed E-state index contributed by atoms with van der Waals surface area (Å²) in [5.41, 5.74) is 1.86. The molecule has 1 amide bonds. The number of fused-ring (bicyclic) bond motifs is 2. The Labute approximate surface area is 133 Å². The largest absolute Gasteiger partial charge is 0.454 e. The van der Waals surface area contributed by atoms with Gasteiger partial charge in [0.1, 0.15) is 0 Å². The molecule has 5 nitrogen and oxygen atoms in total. The van der Waals surface area contributed by atoms with Crippen molar-refractivity contribution in [3.05, 3.63) is 54.7 Å². The number of para-hydroxylation sites is 1. The summed E-state index contributed by atoms with van der Waals surface area (Å²) in [5, 5.41) is 4.08. The second kappa shape index (κ2) is 5.68. The van der Waals surface area contributed by atoms with Crippen LogP contribution in [0.25, 0.3) is 10.9 Å². The van der Waals surface area contributed by atoms with Crippen molar-refractivity contribution < 1.29 is 14.3 Å². The number of benzene rings is 2. The van der Waals surface area contributed by atoms with Crippen LogP contribution in [0.4, 0.5) is 5.69 Å². The fourth-order valence-corrected chi connectivity index (χ4v) is 2.76. The molecule has 1 aromatic heterocycles. The maximum atomic E-state index is 12.1. The first-order valence-electron chi connectivity index (χ1n) is 7.53. The summed E-state index contributed by atoms with van der Waals surface area (Å²) in [7, 11) is 0. The zero-order valence-corrected chi connectivity index (χ0v) is 12.5. The van der Waals surface area contributed by atoms with Crippen LogP contribution in [0.1, 0.15) is 6.42 Å². The standard InChI is InChI=1S/C18H16N2O3/c21-18(19-14-5-6-16-17(11-14)23-12-22-16)8-10-20-9-7-13-3-1-2-4-15(13)20/h1-7,9,11H,8,10,12H2,(H,19,21). The van der Waals surface area contributed by atoms with Gasteiger partial charge in [-0.1, -0.05) is 18.2 Å². The lowest BCUT2D eigenvalue weighted by atomic mass is 10.2. The molecule has 0 radical (unpaired) electrons. The Morgan fingerprint density at radius 3 is 2.91 bits per heavy atom. The minimum Gasteiger partial charge on any atom is -0.454 e. The highest BCUT2D eigenvalue weighted by molar-refractivity contribution is 5.91. The van der Waals surface area contributed by atoms with E-state index in [1.54, 1.807) is 12.1 Å². The molecule has 3 aromatic rings. The number of amides is 1. The van der Waals surface area contributed by atoms with Crippen LogP contribution in [-0.2, 0) is 11.3 Å². The molecule has 23 heavy (non-hydrogen) atoms. The molecule has 0 aliphatic carbocycles. The molecule has 4 rings (SSSR count). The van der Waals surface area contributed by atoms with E-state index in [1.807, 2.05) is 24.4 Å². The first-order chi connectivity index (χ1) is 11.3. The first kappa shape index (κ1) is 13.7. The Morgan fingerprint density at radius 2 is 1.96 bits per heavy atom. The molecule has 0 fully saturated rings. The summed E-state index contributed by atoms with van der Waals surface area (Å²) in [5.74, 6) is 1.35. The molecule has 1 aliphatic rings. The lowest BCUT2D eigenvalue weighted by Crippen LogP contribution is -2.14. The summed E-state index contributed by atoms with van der Waals surface area (Å²) < 4.78 is 12.7. The molecule has 2 heterocycles. The number of ether oxygens (including phenoxy) is 2. The summed E-state index contributed by atoms with van der Waals surface area (Å²) in [6.07, 6.45) is 2.42. The van der Waals surface area contributed by atoms with Gasteiger partial charge >= 0.3 is 0 Å². The van der Waals surface area contributed by atoms with Gasteiger partial charge in [0, 0.05) is 36.4 Å². The maximum Gasteiger partial charge on any atom is 0.231 e. The van der Waals surface area contributed by atoms with Gasteiger partial charge < -0.3 is 19.4 Å². The molecule has 0 saturated carbocycles. The van der Waals surface area contributed by atoms with Crippen molar-refractivity contribution in [2.45, 2.75) is 13.0 Å². The average Bonchev–Trinajstić information content (AvgIpc) is 3.19. The van der Waals surface area contributed by atoms with E-state index in [-0.39, 0.29) is 12.7 Å². The van der Waals surface area contributed by atoms with E-state index >= 15 is 0 Å². The summed E-state index contributed by atoms with van der Waals surface area (Å²) in [6, 6.07) is 15.6. The number of hydrogen-bond donors (Lipinski definition) is 1. The van der Waals surface area contributed by atoms with E-state index in [4.69, 9.17) is 9.47 Å². The number of nitrogens with zero attached hydrogens (tertiary/aromatic N) is 1. The molecule has 1 aliphatic heterocycles. The Kier molecular flexibility index (Phi) is 3.38. The summed E-state index contributed by atoms with van der Waals surface area (Å²) in [6.45, 7) is 0.872. The van der Waals surface area contributed by atoms with Gasteiger partial charge in [0.25, 0.3) is 0 Å². The van der Waals surface area contributed by atoms with Gasteiger partial charge in [-0.05, 0) is 29.7 Å². The molecule has 116 valence electrons.